The summed E-state index contributed by atoms with van der Waals surface area (Å²) >= 11 is 6.01. The summed E-state index contributed by atoms with van der Waals surface area (Å²) in [6, 6.07) is 13.4. The highest BCUT2D eigenvalue weighted by Gasteiger charge is 2.41. The lowest BCUT2D eigenvalue weighted by atomic mass is 9.91. The number of anilines is 1. The highest BCUT2D eigenvalue weighted by atomic mass is 35.5. The molecule has 0 saturated carbocycles. The Morgan fingerprint density at radius 3 is 2.46 bits per heavy atom. The van der Waals surface area contributed by atoms with Gasteiger partial charge in [0.1, 0.15) is 5.66 Å². The second kappa shape index (κ2) is 7.13. The molecule has 0 radical (unpaired) electrons. The van der Waals surface area contributed by atoms with Gasteiger partial charge in [-0.25, -0.2) is 0 Å². The SMILES string of the molecule is Cc1ccc([C@@H](C)C(=O)N2CCC3(CC2)NC(=O)c2cc(Cl)ccc2N3)cc1. The molecule has 4 rings (SSSR count). The number of nitrogens with one attached hydrogen (secondary N) is 2. The number of likely N-dealkylation sites (tertiary alicyclic amines) is 1. The van der Waals surface area contributed by atoms with Gasteiger partial charge in [0.25, 0.3) is 5.91 Å². The Kier molecular flexibility index (Phi) is 4.79. The van der Waals surface area contributed by atoms with Crippen molar-refractivity contribution < 1.29 is 9.59 Å². The number of halogens is 1. The maximum Gasteiger partial charge on any atom is 0.255 e. The number of hydrogen-bond acceptors (Lipinski definition) is 3. The van der Waals surface area contributed by atoms with E-state index in [4.69, 9.17) is 11.6 Å². The van der Waals surface area contributed by atoms with Gasteiger partial charge in [-0.1, -0.05) is 41.4 Å². The van der Waals surface area contributed by atoms with E-state index in [-0.39, 0.29) is 17.7 Å². The van der Waals surface area contributed by atoms with Gasteiger partial charge in [0, 0.05) is 36.6 Å². The number of rotatable bonds is 2. The van der Waals surface area contributed by atoms with E-state index in [1.165, 1.54) is 5.56 Å². The van der Waals surface area contributed by atoms with Crippen molar-refractivity contribution in [1.82, 2.24) is 10.2 Å². The molecule has 5 nitrogen and oxygen atoms in total. The Morgan fingerprint density at radius 1 is 1.11 bits per heavy atom. The monoisotopic (exact) mass is 397 g/mol. The Balaban J connectivity index is 1.44. The molecule has 0 aromatic heterocycles. The van der Waals surface area contributed by atoms with Gasteiger partial charge in [0.2, 0.25) is 5.91 Å². The number of benzene rings is 2. The fraction of sp³-hybridized carbons (Fsp3) is 0.364. The van der Waals surface area contributed by atoms with Crippen LogP contribution in [-0.4, -0.2) is 35.5 Å². The number of piperidine rings is 1. The Morgan fingerprint density at radius 2 is 1.79 bits per heavy atom. The van der Waals surface area contributed by atoms with Crippen molar-refractivity contribution in [3.05, 3.63) is 64.2 Å². The van der Waals surface area contributed by atoms with E-state index in [2.05, 4.69) is 10.6 Å². The third-order valence-electron chi connectivity index (χ3n) is 5.83. The van der Waals surface area contributed by atoms with E-state index < -0.39 is 5.66 Å². The largest absolute Gasteiger partial charge is 0.362 e. The average Bonchev–Trinajstić information content (AvgIpc) is 2.69. The van der Waals surface area contributed by atoms with Crippen LogP contribution in [-0.2, 0) is 4.79 Å². The fourth-order valence-electron chi connectivity index (χ4n) is 4.02. The van der Waals surface area contributed by atoms with E-state index in [0.717, 1.165) is 11.3 Å². The van der Waals surface area contributed by atoms with Gasteiger partial charge >= 0.3 is 0 Å². The fourth-order valence-corrected chi connectivity index (χ4v) is 4.19. The molecule has 2 aromatic carbocycles. The minimum Gasteiger partial charge on any atom is -0.362 e. The third kappa shape index (κ3) is 3.47. The molecule has 2 amide bonds. The predicted molar refractivity (Wildman–Crippen MR) is 111 cm³/mol. The van der Waals surface area contributed by atoms with Crippen molar-refractivity contribution in [2.24, 2.45) is 0 Å². The van der Waals surface area contributed by atoms with E-state index >= 15 is 0 Å². The van der Waals surface area contributed by atoms with Crippen molar-refractivity contribution in [2.75, 3.05) is 18.4 Å². The molecule has 2 aliphatic heterocycles. The molecule has 0 bridgehead atoms. The van der Waals surface area contributed by atoms with Crippen LogP contribution in [0.4, 0.5) is 5.69 Å². The van der Waals surface area contributed by atoms with Crippen LogP contribution in [0.1, 0.15) is 47.2 Å². The second-order valence-electron chi connectivity index (χ2n) is 7.81. The van der Waals surface area contributed by atoms with Crippen LogP contribution in [0, 0.1) is 6.92 Å². The maximum atomic E-state index is 13.0. The molecule has 2 aliphatic rings. The standard InChI is InChI=1S/C22H24ClN3O2/c1-14-3-5-16(6-4-14)15(2)21(28)26-11-9-22(10-12-26)24-19-8-7-17(23)13-18(19)20(27)25-22/h3-8,13,15,24H,9-12H2,1-2H3,(H,25,27)/t15-/m1/s1. The van der Waals surface area contributed by atoms with Gasteiger partial charge in [0.05, 0.1) is 11.5 Å². The lowest BCUT2D eigenvalue weighted by Gasteiger charge is -2.46. The van der Waals surface area contributed by atoms with Crippen LogP contribution >= 0.6 is 11.6 Å². The van der Waals surface area contributed by atoms with Crippen molar-refractivity contribution >= 4 is 29.1 Å². The van der Waals surface area contributed by atoms with Crippen LogP contribution in [0.3, 0.4) is 0 Å². The molecular formula is C22H24ClN3O2. The van der Waals surface area contributed by atoms with Crippen LogP contribution in [0.15, 0.2) is 42.5 Å². The molecule has 28 heavy (non-hydrogen) atoms. The van der Waals surface area contributed by atoms with Crippen LogP contribution in [0.25, 0.3) is 0 Å². The average molecular weight is 398 g/mol. The van der Waals surface area contributed by atoms with Crippen LogP contribution in [0.2, 0.25) is 5.02 Å². The molecule has 146 valence electrons. The first kappa shape index (κ1) is 18.8. The zero-order chi connectivity index (χ0) is 19.9. The molecule has 1 fully saturated rings. The van der Waals surface area contributed by atoms with Gasteiger partial charge in [0.15, 0.2) is 0 Å². The highest BCUT2D eigenvalue weighted by Crippen LogP contribution is 2.33. The predicted octanol–water partition coefficient (Wildman–Crippen LogP) is 3.93. The first-order chi connectivity index (χ1) is 13.4. The Bertz CT molecular complexity index is 918. The zero-order valence-corrected chi connectivity index (χ0v) is 16.8. The second-order valence-corrected chi connectivity index (χ2v) is 8.25. The molecule has 2 aromatic rings. The van der Waals surface area contributed by atoms with Crippen molar-refractivity contribution in [2.45, 2.75) is 38.3 Å². The summed E-state index contributed by atoms with van der Waals surface area (Å²) < 4.78 is 0. The van der Waals surface area contributed by atoms with Crippen molar-refractivity contribution in [3.8, 4) is 0 Å². The number of carbonyl (C=O) groups excluding carboxylic acids is 2. The first-order valence-electron chi connectivity index (χ1n) is 9.62. The maximum absolute atomic E-state index is 13.0. The minimum absolute atomic E-state index is 0.121. The summed E-state index contributed by atoms with van der Waals surface area (Å²) in [7, 11) is 0. The first-order valence-corrected chi connectivity index (χ1v) is 10.0. The van der Waals surface area contributed by atoms with E-state index in [1.807, 2.05) is 49.1 Å². The summed E-state index contributed by atoms with van der Waals surface area (Å²) in [5.41, 5.74) is 3.06. The third-order valence-corrected chi connectivity index (χ3v) is 6.06. The van der Waals surface area contributed by atoms with Crippen LogP contribution in [0.5, 0.6) is 0 Å². The summed E-state index contributed by atoms with van der Waals surface area (Å²) in [6.07, 6.45) is 1.32. The molecule has 2 N–H and O–H groups in total. The molecule has 0 unspecified atom stereocenters. The lowest BCUT2D eigenvalue weighted by Crippen LogP contribution is -2.63. The summed E-state index contributed by atoms with van der Waals surface area (Å²) in [4.78, 5) is 27.4. The molecule has 2 heterocycles. The summed E-state index contributed by atoms with van der Waals surface area (Å²) in [6.45, 7) is 5.20. The van der Waals surface area contributed by atoms with E-state index in [1.54, 1.807) is 12.1 Å². The Hall–Kier alpha value is -2.53. The molecule has 1 atom stereocenters. The summed E-state index contributed by atoms with van der Waals surface area (Å²) in [5.74, 6) is -0.163. The van der Waals surface area contributed by atoms with Gasteiger partial charge in [-0.05, 0) is 37.6 Å². The van der Waals surface area contributed by atoms with Crippen LogP contribution < -0.4 is 10.6 Å². The molecule has 6 heteroatoms. The smallest absolute Gasteiger partial charge is 0.255 e. The van der Waals surface area contributed by atoms with Crippen molar-refractivity contribution in [1.29, 1.82) is 0 Å². The van der Waals surface area contributed by atoms with Gasteiger partial charge in [-0.15, -0.1) is 0 Å². The minimum atomic E-state index is -0.512. The topological polar surface area (TPSA) is 61.4 Å². The number of amides is 2. The molecular weight excluding hydrogens is 374 g/mol. The normalized spacial score (nSPS) is 18.8. The quantitative estimate of drug-likeness (QED) is 0.807. The molecule has 1 spiro atoms. The molecule has 0 aliphatic carbocycles. The number of nitrogens with zero attached hydrogens (tertiary/aromatic N) is 1. The van der Waals surface area contributed by atoms with Gasteiger partial charge in [-0.3, -0.25) is 9.59 Å². The Labute approximate surface area is 170 Å². The molecule has 1 saturated heterocycles. The van der Waals surface area contributed by atoms with Gasteiger partial charge < -0.3 is 15.5 Å². The number of aryl methyl sites for hydroxylation is 1. The number of carbonyl (C=O) groups is 2. The van der Waals surface area contributed by atoms with Gasteiger partial charge in [-0.2, -0.15) is 0 Å². The number of hydrogen-bond donors (Lipinski definition) is 2. The van der Waals surface area contributed by atoms with E-state index in [0.29, 0.717) is 36.5 Å². The van der Waals surface area contributed by atoms with Crippen molar-refractivity contribution in [3.63, 3.8) is 0 Å². The highest BCUT2D eigenvalue weighted by molar-refractivity contribution is 6.31. The number of fused-ring (bicyclic) bond motifs is 1. The van der Waals surface area contributed by atoms with E-state index in [9.17, 15) is 9.59 Å². The summed E-state index contributed by atoms with van der Waals surface area (Å²) in [5, 5.41) is 7.10. The lowest BCUT2D eigenvalue weighted by molar-refractivity contribution is -0.134. The zero-order valence-electron chi connectivity index (χ0n) is 16.1.